The van der Waals surface area contributed by atoms with Crippen molar-refractivity contribution in [2.75, 3.05) is 6.54 Å². The number of hydrogen-bond acceptors (Lipinski definition) is 2. The standard InChI is InChI=1S/C14H18BrNO2/c15-12-7-4-3-6-11(12)10-16-9-5-1-2-8-13(16)14(17)18/h3-4,6-7,13H,1-2,5,8-10H2,(H,17,18). The number of carboxylic acid groups (broad SMARTS) is 1. The zero-order valence-corrected chi connectivity index (χ0v) is 11.9. The van der Waals surface area contributed by atoms with Crippen molar-refractivity contribution in [2.24, 2.45) is 0 Å². The third-order valence-corrected chi connectivity index (χ3v) is 4.25. The first kappa shape index (κ1) is 13.6. The number of nitrogens with zero attached hydrogens (tertiary/aromatic N) is 1. The van der Waals surface area contributed by atoms with Crippen LogP contribution in [0.5, 0.6) is 0 Å². The lowest BCUT2D eigenvalue weighted by Crippen LogP contribution is -2.40. The number of carbonyl (C=O) groups is 1. The second-order valence-electron chi connectivity index (χ2n) is 4.77. The van der Waals surface area contributed by atoms with Crippen molar-refractivity contribution in [3.8, 4) is 0 Å². The maximum Gasteiger partial charge on any atom is 0.320 e. The van der Waals surface area contributed by atoms with E-state index in [0.29, 0.717) is 6.54 Å². The molecule has 3 nitrogen and oxygen atoms in total. The summed E-state index contributed by atoms with van der Waals surface area (Å²) in [5.41, 5.74) is 1.16. The van der Waals surface area contributed by atoms with Crippen LogP contribution in [-0.2, 0) is 11.3 Å². The molecule has 1 N–H and O–H groups in total. The molecule has 2 rings (SSSR count). The van der Waals surface area contributed by atoms with Crippen molar-refractivity contribution < 1.29 is 9.90 Å². The highest BCUT2D eigenvalue weighted by molar-refractivity contribution is 9.10. The molecule has 4 heteroatoms. The van der Waals surface area contributed by atoms with Gasteiger partial charge in [-0.1, -0.05) is 47.0 Å². The summed E-state index contributed by atoms with van der Waals surface area (Å²) in [7, 11) is 0. The average molecular weight is 312 g/mol. The van der Waals surface area contributed by atoms with E-state index in [1.165, 1.54) is 0 Å². The van der Waals surface area contributed by atoms with E-state index >= 15 is 0 Å². The molecule has 0 spiro atoms. The first-order valence-corrected chi connectivity index (χ1v) is 7.18. The highest BCUT2D eigenvalue weighted by Gasteiger charge is 2.27. The van der Waals surface area contributed by atoms with Crippen LogP contribution in [0.2, 0.25) is 0 Å². The molecule has 1 heterocycles. The largest absolute Gasteiger partial charge is 0.480 e. The van der Waals surface area contributed by atoms with Gasteiger partial charge in [-0.25, -0.2) is 0 Å². The summed E-state index contributed by atoms with van der Waals surface area (Å²) in [6.07, 6.45) is 4.01. The van der Waals surface area contributed by atoms with Crippen LogP contribution in [0.15, 0.2) is 28.7 Å². The summed E-state index contributed by atoms with van der Waals surface area (Å²) in [6, 6.07) is 7.69. The van der Waals surface area contributed by atoms with Crippen molar-refractivity contribution >= 4 is 21.9 Å². The van der Waals surface area contributed by atoms with E-state index in [1.54, 1.807) is 0 Å². The van der Waals surface area contributed by atoms with E-state index < -0.39 is 5.97 Å². The lowest BCUT2D eigenvalue weighted by molar-refractivity contribution is -0.143. The normalized spacial score (nSPS) is 21.5. The first-order valence-electron chi connectivity index (χ1n) is 6.39. The number of hydrogen-bond donors (Lipinski definition) is 1. The molecule has 18 heavy (non-hydrogen) atoms. The molecule has 0 radical (unpaired) electrons. The Morgan fingerprint density at radius 3 is 2.83 bits per heavy atom. The van der Waals surface area contributed by atoms with Crippen LogP contribution < -0.4 is 0 Å². The Kier molecular flexibility index (Phi) is 4.78. The maximum atomic E-state index is 11.3. The maximum absolute atomic E-state index is 11.3. The van der Waals surface area contributed by atoms with E-state index in [-0.39, 0.29) is 6.04 Å². The second kappa shape index (κ2) is 6.34. The fourth-order valence-electron chi connectivity index (χ4n) is 2.48. The van der Waals surface area contributed by atoms with E-state index in [9.17, 15) is 9.90 Å². The molecule has 1 unspecified atom stereocenters. The molecule has 1 aliphatic heterocycles. The quantitative estimate of drug-likeness (QED) is 0.931. The van der Waals surface area contributed by atoms with Crippen molar-refractivity contribution in [3.63, 3.8) is 0 Å². The predicted molar refractivity (Wildman–Crippen MR) is 74.4 cm³/mol. The molecule has 1 fully saturated rings. The average Bonchev–Trinajstić information content (AvgIpc) is 2.57. The molecule has 0 aromatic heterocycles. The van der Waals surface area contributed by atoms with Gasteiger partial charge in [0.05, 0.1) is 0 Å². The Labute approximate surface area is 116 Å². The Bertz CT molecular complexity index is 422. The van der Waals surface area contributed by atoms with Crippen LogP contribution >= 0.6 is 15.9 Å². The highest BCUT2D eigenvalue weighted by atomic mass is 79.9. The summed E-state index contributed by atoms with van der Waals surface area (Å²) in [6.45, 7) is 1.58. The van der Waals surface area contributed by atoms with Gasteiger partial charge < -0.3 is 5.11 Å². The summed E-state index contributed by atoms with van der Waals surface area (Å²) < 4.78 is 1.05. The Morgan fingerprint density at radius 1 is 1.33 bits per heavy atom. The molecule has 1 aromatic carbocycles. The fourth-order valence-corrected chi connectivity index (χ4v) is 2.89. The van der Waals surface area contributed by atoms with E-state index in [0.717, 1.165) is 42.3 Å². The number of benzene rings is 1. The molecule has 0 saturated carbocycles. The molecule has 0 bridgehead atoms. The molecule has 98 valence electrons. The van der Waals surface area contributed by atoms with Gasteiger partial charge in [-0.2, -0.15) is 0 Å². The zero-order valence-electron chi connectivity index (χ0n) is 10.3. The molecule has 1 aliphatic rings. The topological polar surface area (TPSA) is 40.5 Å². The first-order chi connectivity index (χ1) is 8.68. The number of likely N-dealkylation sites (tertiary alicyclic amines) is 1. The number of carboxylic acids is 1. The van der Waals surface area contributed by atoms with Crippen molar-refractivity contribution in [1.82, 2.24) is 4.90 Å². The van der Waals surface area contributed by atoms with Crippen LogP contribution in [-0.4, -0.2) is 28.6 Å². The van der Waals surface area contributed by atoms with E-state index in [2.05, 4.69) is 20.8 Å². The molecular formula is C14H18BrNO2. The van der Waals surface area contributed by atoms with Crippen LogP contribution in [0, 0.1) is 0 Å². The monoisotopic (exact) mass is 311 g/mol. The van der Waals surface area contributed by atoms with Crippen LogP contribution in [0.4, 0.5) is 0 Å². The summed E-state index contributed by atoms with van der Waals surface area (Å²) in [5, 5.41) is 9.33. The van der Waals surface area contributed by atoms with Gasteiger partial charge in [-0.15, -0.1) is 0 Å². The molecule has 0 amide bonds. The van der Waals surface area contributed by atoms with Gasteiger partial charge in [0.1, 0.15) is 6.04 Å². The molecular weight excluding hydrogens is 294 g/mol. The lowest BCUT2D eigenvalue weighted by Gasteiger charge is -2.27. The Morgan fingerprint density at radius 2 is 2.11 bits per heavy atom. The van der Waals surface area contributed by atoms with Gasteiger partial charge in [-0.05, 0) is 31.0 Å². The zero-order chi connectivity index (χ0) is 13.0. The number of halogens is 1. The van der Waals surface area contributed by atoms with Gasteiger partial charge in [0.25, 0.3) is 0 Å². The smallest absolute Gasteiger partial charge is 0.320 e. The molecule has 1 atom stereocenters. The summed E-state index contributed by atoms with van der Waals surface area (Å²) >= 11 is 3.53. The van der Waals surface area contributed by atoms with Crippen LogP contribution in [0.3, 0.4) is 0 Å². The minimum atomic E-state index is -0.691. The number of rotatable bonds is 3. The minimum Gasteiger partial charge on any atom is -0.480 e. The van der Waals surface area contributed by atoms with Gasteiger partial charge in [0.15, 0.2) is 0 Å². The molecule has 0 aliphatic carbocycles. The minimum absolute atomic E-state index is 0.334. The van der Waals surface area contributed by atoms with E-state index in [1.807, 2.05) is 24.3 Å². The van der Waals surface area contributed by atoms with Crippen molar-refractivity contribution in [2.45, 2.75) is 38.3 Å². The predicted octanol–water partition coefficient (Wildman–Crippen LogP) is 3.28. The Hall–Kier alpha value is -0.870. The van der Waals surface area contributed by atoms with Crippen LogP contribution in [0.25, 0.3) is 0 Å². The van der Waals surface area contributed by atoms with Crippen molar-refractivity contribution in [1.29, 1.82) is 0 Å². The fraction of sp³-hybridized carbons (Fsp3) is 0.500. The summed E-state index contributed by atoms with van der Waals surface area (Å²) in [5.74, 6) is -0.691. The Balaban J connectivity index is 2.14. The molecule has 1 saturated heterocycles. The molecule has 1 aromatic rings. The third kappa shape index (κ3) is 3.33. The van der Waals surface area contributed by atoms with Gasteiger partial charge >= 0.3 is 5.97 Å². The van der Waals surface area contributed by atoms with Crippen LogP contribution in [0.1, 0.15) is 31.2 Å². The van der Waals surface area contributed by atoms with Gasteiger partial charge in [0.2, 0.25) is 0 Å². The second-order valence-corrected chi connectivity index (χ2v) is 5.62. The van der Waals surface area contributed by atoms with E-state index in [4.69, 9.17) is 0 Å². The summed E-state index contributed by atoms with van der Waals surface area (Å²) in [4.78, 5) is 13.4. The highest BCUT2D eigenvalue weighted by Crippen LogP contribution is 2.23. The van der Waals surface area contributed by atoms with Crippen molar-refractivity contribution in [3.05, 3.63) is 34.3 Å². The SMILES string of the molecule is O=C(O)C1CCCCCN1Cc1ccccc1Br. The van der Waals surface area contributed by atoms with Gasteiger partial charge in [-0.3, -0.25) is 9.69 Å². The number of aliphatic carboxylic acids is 1. The lowest BCUT2D eigenvalue weighted by atomic mass is 10.1. The third-order valence-electron chi connectivity index (χ3n) is 3.48. The van der Waals surface area contributed by atoms with Gasteiger partial charge in [0, 0.05) is 11.0 Å².